The molecule has 9 nitrogen and oxygen atoms in total. The van der Waals surface area contributed by atoms with Gasteiger partial charge < -0.3 is 25.1 Å². The van der Waals surface area contributed by atoms with E-state index in [9.17, 15) is 26.3 Å². The Morgan fingerprint density at radius 2 is 0.923 bits per heavy atom. The summed E-state index contributed by atoms with van der Waals surface area (Å²) in [5, 5.41) is 26.6. The molecule has 0 aromatic heterocycles. The summed E-state index contributed by atoms with van der Waals surface area (Å²) in [6, 6.07) is 0. The van der Waals surface area contributed by atoms with Gasteiger partial charge in [0.25, 0.3) is 0 Å². The maximum absolute atomic E-state index is 10.7. The van der Waals surface area contributed by atoms with Crippen LogP contribution in [-0.4, -0.2) is 95.7 Å². The summed E-state index contributed by atoms with van der Waals surface area (Å²) in [5.74, 6) is 0. The monoisotopic (exact) mass is 444 g/mol. The van der Waals surface area contributed by atoms with E-state index in [1.54, 1.807) is 0 Å². The summed E-state index contributed by atoms with van der Waals surface area (Å²) >= 11 is -1.50. The van der Waals surface area contributed by atoms with E-state index in [-0.39, 0.29) is 19.8 Å². The Bertz CT molecular complexity index is 358. The largest absolute Gasteiger partial charge is 0.478 e. The second kappa shape index (κ2) is 18.8. The van der Waals surface area contributed by atoms with Gasteiger partial charge in [-0.3, -0.25) is 0 Å². The lowest BCUT2D eigenvalue weighted by Gasteiger charge is -2.32. The van der Waals surface area contributed by atoms with Crippen LogP contribution in [0.3, 0.4) is 0 Å². The smallest absolute Gasteiger partial charge is 0.335 e. The average molecular weight is 444 g/mol. The zero-order chi connectivity index (χ0) is 21.9. The van der Waals surface area contributed by atoms with Crippen molar-refractivity contribution in [1.29, 1.82) is 0 Å². The average Bonchev–Trinajstić information content (AvgIpc) is 2.37. The summed E-state index contributed by atoms with van der Waals surface area (Å²) in [6.45, 7) is 2.03. The van der Waals surface area contributed by atoms with Crippen LogP contribution in [0.15, 0.2) is 0 Å². The van der Waals surface area contributed by atoms with Crippen molar-refractivity contribution in [3.8, 4) is 0 Å². The Balaban J connectivity index is -0.000000144. The minimum Gasteiger partial charge on any atom is -0.478 e. The van der Waals surface area contributed by atoms with Gasteiger partial charge in [-0.05, 0) is 0 Å². The molecule has 0 spiro atoms. The number of likely N-dealkylation sites (N-methyl/N-ethyl adjacent to an activating group) is 1. The molecule has 0 aromatic carbocycles. The number of rotatable bonds is 6. The zero-order valence-electron chi connectivity index (χ0n) is 13.2. The Labute approximate surface area is 151 Å². The lowest BCUT2D eigenvalue weighted by molar-refractivity contribution is -0.910. The number of nitrogens with zero attached hydrogens (tertiary/aromatic N) is 2. The molecule has 0 radical (unpaired) electrons. The Morgan fingerprint density at radius 3 is 1.00 bits per heavy atom. The number of halogens is 6. The van der Waals surface area contributed by atoms with Gasteiger partial charge >= 0.3 is 35.7 Å². The molecule has 0 unspecified atom stereocenters. The highest BCUT2D eigenvalue weighted by Crippen LogP contribution is 2.34. The number of alkyl halides is 6. The molecule has 0 aliphatic rings. The van der Waals surface area contributed by atoms with Gasteiger partial charge in [0.15, 0.2) is 0 Å². The predicted molar refractivity (Wildman–Crippen MR) is 75.4 cm³/mol. The topological polar surface area (TPSA) is 143 Å². The molecular formula is C9H18F6N2O7S2. The molecule has 0 atom stereocenters. The highest BCUT2D eigenvalue weighted by Gasteiger charge is 2.27. The summed E-state index contributed by atoms with van der Waals surface area (Å²) in [6.07, 6.45) is -11.0. The van der Waals surface area contributed by atoms with Gasteiger partial charge in [-0.2, -0.15) is 43.2 Å². The normalized spacial score (nSPS) is 10.8. The van der Waals surface area contributed by atoms with Crippen LogP contribution in [0.1, 0.15) is 0 Å². The van der Waals surface area contributed by atoms with Gasteiger partial charge in [0.1, 0.15) is 19.6 Å². The number of quaternary nitrogens is 1. The third kappa shape index (κ3) is 38.5. The molecule has 160 valence electrons. The van der Waals surface area contributed by atoms with Crippen molar-refractivity contribution in [3.05, 3.63) is 5.32 Å². The zero-order valence-corrected chi connectivity index (χ0v) is 14.8. The van der Waals surface area contributed by atoms with Crippen molar-refractivity contribution in [2.75, 3.05) is 46.5 Å². The van der Waals surface area contributed by atoms with Crippen LogP contribution in [0, 0.1) is 0 Å². The number of aliphatic hydroxyl groups is 3. The third-order valence-electron chi connectivity index (χ3n) is 2.17. The summed E-state index contributed by atoms with van der Waals surface area (Å²) < 4.78 is 97.7. The molecule has 3 N–H and O–H groups in total. The fraction of sp³-hybridized carbons (Fsp3) is 1.00. The predicted octanol–water partition coefficient (Wildman–Crippen LogP) is -0.531. The van der Waals surface area contributed by atoms with Crippen molar-refractivity contribution in [2.24, 2.45) is 0 Å². The molecule has 0 fully saturated rings. The summed E-state index contributed by atoms with van der Waals surface area (Å²) in [5.41, 5.74) is 0. The van der Waals surface area contributed by atoms with E-state index in [0.717, 1.165) is 0 Å². The lowest BCUT2D eigenvalue weighted by Crippen LogP contribution is -2.49. The number of hydrogen-bond donors (Lipinski definition) is 3. The van der Waals surface area contributed by atoms with E-state index in [1.807, 2.05) is 7.05 Å². The van der Waals surface area contributed by atoms with Gasteiger partial charge in [-0.1, -0.05) is 0 Å². The summed E-state index contributed by atoms with van der Waals surface area (Å²) in [7, 11) is 1.91. The van der Waals surface area contributed by atoms with Crippen LogP contribution in [-0.2, 0) is 23.1 Å². The van der Waals surface area contributed by atoms with E-state index >= 15 is 0 Å². The lowest BCUT2D eigenvalue weighted by atomic mass is 10.4. The standard InChI is InChI=1S/C7H18NO3.C2F6N.2O2S/c1-8(2-5-9,3-6-10)4-7-11;3-1(4,5)9-2(6,7)8;2*1-3-2/h9-11H,2-7H2,1H3;;;/q+1;-1;;. The fourth-order valence-corrected chi connectivity index (χ4v) is 1.20. The van der Waals surface area contributed by atoms with Crippen LogP contribution >= 0.6 is 0 Å². The second-order valence-electron chi connectivity index (χ2n) is 4.14. The molecule has 0 rings (SSSR count). The van der Waals surface area contributed by atoms with Gasteiger partial charge in [0.05, 0.1) is 26.9 Å². The van der Waals surface area contributed by atoms with Crippen LogP contribution < -0.4 is 0 Å². The van der Waals surface area contributed by atoms with Gasteiger partial charge in [-0.25, -0.2) is 0 Å². The molecule has 0 aliphatic carbocycles. The Hall–Kier alpha value is -0.980. The molecule has 0 heterocycles. The highest BCUT2D eigenvalue weighted by atomic mass is 32.1. The number of hydrogen-bond acceptors (Lipinski definition) is 7. The van der Waals surface area contributed by atoms with Crippen molar-refractivity contribution in [3.63, 3.8) is 0 Å². The first kappa shape index (κ1) is 32.7. The third-order valence-corrected chi connectivity index (χ3v) is 2.17. The first-order chi connectivity index (χ1) is 11.7. The Morgan fingerprint density at radius 1 is 0.731 bits per heavy atom. The highest BCUT2D eigenvalue weighted by molar-refractivity contribution is 7.51. The quantitative estimate of drug-likeness (QED) is 0.284. The van der Waals surface area contributed by atoms with Gasteiger partial charge in [0, 0.05) is 0 Å². The molecule has 0 saturated heterocycles. The SMILES string of the molecule is C[N+](CCO)(CCO)CCO.FC(F)(F)[N-]C(F)(F)F.O=S=O.O=S=O. The minimum absolute atomic E-state index is 0.0938. The van der Waals surface area contributed by atoms with Crippen molar-refractivity contribution in [1.82, 2.24) is 0 Å². The van der Waals surface area contributed by atoms with Gasteiger partial charge in [-0.15, -0.1) is 0 Å². The van der Waals surface area contributed by atoms with E-state index < -0.39 is 35.7 Å². The van der Waals surface area contributed by atoms with Crippen molar-refractivity contribution < 1.29 is 63.0 Å². The van der Waals surface area contributed by atoms with Crippen molar-refractivity contribution in [2.45, 2.75) is 12.6 Å². The maximum atomic E-state index is 10.7. The van der Waals surface area contributed by atoms with E-state index in [1.165, 1.54) is 0 Å². The molecule has 0 saturated carbocycles. The van der Waals surface area contributed by atoms with E-state index in [4.69, 9.17) is 32.2 Å². The summed E-state index contributed by atoms with van der Waals surface area (Å²) in [4.78, 5) is 0. The van der Waals surface area contributed by atoms with Crippen LogP contribution in [0.4, 0.5) is 26.3 Å². The molecule has 26 heavy (non-hydrogen) atoms. The molecule has 0 bridgehead atoms. The van der Waals surface area contributed by atoms with E-state index in [2.05, 4.69) is 0 Å². The number of aliphatic hydroxyl groups excluding tert-OH is 3. The second-order valence-corrected chi connectivity index (χ2v) is 4.42. The molecule has 0 amide bonds. The molecule has 0 aliphatic heterocycles. The fourth-order valence-electron chi connectivity index (χ4n) is 1.20. The van der Waals surface area contributed by atoms with Crippen LogP contribution in [0.5, 0.6) is 0 Å². The molecule has 0 aromatic rings. The van der Waals surface area contributed by atoms with Crippen LogP contribution in [0.2, 0.25) is 0 Å². The first-order valence-corrected chi connectivity index (χ1v) is 7.43. The molecular weight excluding hydrogens is 426 g/mol. The molecule has 17 heteroatoms. The first-order valence-electron chi connectivity index (χ1n) is 6.09. The minimum atomic E-state index is -5.52. The Kier molecular flexibility index (Phi) is 23.6. The van der Waals surface area contributed by atoms with Crippen molar-refractivity contribution >= 4 is 23.1 Å². The van der Waals surface area contributed by atoms with Gasteiger partial charge in [0.2, 0.25) is 0 Å². The van der Waals surface area contributed by atoms with Crippen LogP contribution in [0.25, 0.3) is 5.32 Å². The van der Waals surface area contributed by atoms with E-state index in [0.29, 0.717) is 29.4 Å². The maximum Gasteiger partial charge on any atom is 0.335 e.